The third-order valence-electron chi connectivity index (χ3n) is 1.98. The molecule has 0 saturated carbocycles. The number of nitrogens with zero attached hydrogens (tertiary/aromatic N) is 1. The second-order valence-corrected chi connectivity index (χ2v) is 7.66. The van der Waals surface area contributed by atoms with Gasteiger partial charge in [-0.05, 0) is 22.0 Å². The van der Waals surface area contributed by atoms with Crippen molar-refractivity contribution < 1.29 is 17.2 Å². The van der Waals surface area contributed by atoms with Crippen LogP contribution in [0.4, 0.5) is 14.5 Å². The van der Waals surface area contributed by atoms with Crippen molar-refractivity contribution in [2.24, 2.45) is 0 Å². The highest BCUT2D eigenvalue weighted by molar-refractivity contribution is 9.10. The molecule has 0 bridgehead atoms. The number of aromatic nitrogens is 1. The molecule has 102 valence electrons. The molecule has 4 nitrogen and oxygen atoms in total. The van der Waals surface area contributed by atoms with E-state index in [-0.39, 0.29) is 18.8 Å². The Bertz CT molecular complexity index is 736. The number of rotatable bonds is 3. The van der Waals surface area contributed by atoms with E-state index in [1.165, 1.54) is 0 Å². The van der Waals surface area contributed by atoms with Crippen LogP contribution in [0.25, 0.3) is 0 Å². The third kappa shape index (κ3) is 3.22. The number of nitrogens with one attached hydrogen (secondary N) is 1. The number of hydrogen-bond donors (Lipinski definition) is 1. The SMILES string of the molecule is O=S(=O)(Nc1cc(Br)c(F)cc1F)c1cnc(Cl)s1. The van der Waals surface area contributed by atoms with Gasteiger partial charge in [-0.2, -0.15) is 0 Å². The fourth-order valence-corrected chi connectivity index (χ4v) is 3.85. The molecule has 0 fully saturated rings. The van der Waals surface area contributed by atoms with E-state index < -0.39 is 21.7 Å². The Morgan fingerprint density at radius 1 is 1.32 bits per heavy atom. The number of halogens is 4. The maximum Gasteiger partial charge on any atom is 0.273 e. The highest BCUT2D eigenvalue weighted by atomic mass is 79.9. The second kappa shape index (κ2) is 5.31. The van der Waals surface area contributed by atoms with Crippen molar-refractivity contribution in [2.45, 2.75) is 4.21 Å². The lowest BCUT2D eigenvalue weighted by Gasteiger charge is -2.07. The van der Waals surface area contributed by atoms with Gasteiger partial charge in [-0.3, -0.25) is 4.72 Å². The van der Waals surface area contributed by atoms with Crippen LogP contribution in [0.1, 0.15) is 0 Å². The van der Waals surface area contributed by atoms with Crippen LogP contribution in [0.3, 0.4) is 0 Å². The Balaban J connectivity index is 2.38. The summed E-state index contributed by atoms with van der Waals surface area (Å²) >= 11 is 9.09. The van der Waals surface area contributed by atoms with Gasteiger partial charge in [-0.15, -0.1) is 0 Å². The molecule has 0 atom stereocenters. The van der Waals surface area contributed by atoms with Crippen molar-refractivity contribution in [1.82, 2.24) is 4.98 Å². The molecule has 0 aliphatic heterocycles. The summed E-state index contributed by atoms with van der Waals surface area (Å²) in [6.45, 7) is 0. The van der Waals surface area contributed by atoms with Gasteiger partial charge in [0.05, 0.1) is 16.4 Å². The normalized spacial score (nSPS) is 11.6. The van der Waals surface area contributed by atoms with Crippen LogP contribution in [-0.2, 0) is 10.0 Å². The largest absolute Gasteiger partial charge is 0.276 e. The maximum absolute atomic E-state index is 13.5. The Kier molecular flexibility index (Phi) is 4.09. The van der Waals surface area contributed by atoms with Gasteiger partial charge in [-0.25, -0.2) is 22.2 Å². The van der Waals surface area contributed by atoms with Crippen LogP contribution < -0.4 is 4.72 Å². The molecule has 1 heterocycles. The first-order chi connectivity index (χ1) is 8.79. The number of thiazole rings is 1. The molecule has 0 saturated heterocycles. The summed E-state index contributed by atoms with van der Waals surface area (Å²) in [6.07, 6.45) is 1.05. The molecule has 10 heteroatoms. The van der Waals surface area contributed by atoms with E-state index in [1.54, 1.807) is 0 Å². The quantitative estimate of drug-likeness (QED) is 0.815. The number of sulfonamides is 1. The van der Waals surface area contributed by atoms with Crippen molar-refractivity contribution in [2.75, 3.05) is 4.72 Å². The molecule has 0 amide bonds. The summed E-state index contributed by atoms with van der Waals surface area (Å²) in [5.41, 5.74) is -0.377. The van der Waals surface area contributed by atoms with Crippen molar-refractivity contribution in [3.8, 4) is 0 Å². The summed E-state index contributed by atoms with van der Waals surface area (Å²) in [6, 6.07) is 1.56. The van der Waals surface area contributed by atoms with Gasteiger partial charge in [0.15, 0.2) is 8.68 Å². The molecule has 0 aliphatic carbocycles. The number of benzene rings is 1. The second-order valence-electron chi connectivity index (χ2n) is 3.28. The van der Waals surface area contributed by atoms with Gasteiger partial charge in [0.25, 0.3) is 10.0 Å². The molecule has 0 aliphatic rings. The Morgan fingerprint density at radius 3 is 2.58 bits per heavy atom. The van der Waals surface area contributed by atoms with E-state index in [2.05, 4.69) is 20.9 Å². The van der Waals surface area contributed by atoms with E-state index in [0.29, 0.717) is 6.07 Å². The van der Waals surface area contributed by atoms with Crippen LogP contribution in [0.15, 0.2) is 27.0 Å². The van der Waals surface area contributed by atoms with E-state index in [0.717, 1.165) is 23.6 Å². The minimum absolute atomic E-state index is 0.0427. The van der Waals surface area contributed by atoms with Gasteiger partial charge >= 0.3 is 0 Å². The van der Waals surface area contributed by atoms with Gasteiger partial charge in [0, 0.05) is 6.07 Å². The minimum atomic E-state index is -4.01. The molecule has 19 heavy (non-hydrogen) atoms. The van der Waals surface area contributed by atoms with Crippen LogP contribution in [0.5, 0.6) is 0 Å². The Morgan fingerprint density at radius 2 is 2.00 bits per heavy atom. The molecule has 0 unspecified atom stereocenters. The lowest BCUT2D eigenvalue weighted by atomic mass is 10.3. The zero-order chi connectivity index (χ0) is 14.2. The summed E-state index contributed by atoms with van der Waals surface area (Å²) in [5.74, 6) is -1.86. The van der Waals surface area contributed by atoms with Gasteiger partial charge < -0.3 is 0 Å². The maximum atomic E-state index is 13.5. The first-order valence-electron chi connectivity index (χ1n) is 4.58. The number of hydrogen-bond acceptors (Lipinski definition) is 4. The van der Waals surface area contributed by atoms with Crippen LogP contribution in [0, 0.1) is 11.6 Å². The fourth-order valence-electron chi connectivity index (χ4n) is 1.16. The van der Waals surface area contributed by atoms with Gasteiger partial charge in [0.1, 0.15) is 11.6 Å². The zero-order valence-corrected chi connectivity index (χ0v) is 12.8. The molecular formula is C9H4BrClF2N2O2S2. The minimum Gasteiger partial charge on any atom is -0.276 e. The average Bonchev–Trinajstić information content (AvgIpc) is 2.73. The molecular weight excluding hydrogens is 386 g/mol. The van der Waals surface area contributed by atoms with Crippen molar-refractivity contribution >= 4 is 54.6 Å². The number of anilines is 1. The average molecular weight is 390 g/mol. The lowest BCUT2D eigenvalue weighted by molar-refractivity contribution is 0.579. The predicted molar refractivity (Wildman–Crippen MR) is 72.0 cm³/mol. The van der Waals surface area contributed by atoms with E-state index in [1.807, 2.05) is 4.72 Å². The third-order valence-corrected chi connectivity index (χ3v) is 5.52. The van der Waals surface area contributed by atoms with Crippen molar-refractivity contribution in [1.29, 1.82) is 0 Å². The molecule has 0 spiro atoms. The van der Waals surface area contributed by atoms with Gasteiger partial charge in [0.2, 0.25) is 0 Å². The van der Waals surface area contributed by atoms with E-state index in [9.17, 15) is 17.2 Å². The Labute approximate surface area is 124 Å². The fraction of sp³-hybridized carbons (Fsp3) is 0. The zero-order valence-electron chi connectivity index (χ0n) is 8.82. The van der Waals surface area contributed by atoms with E-state index >= 15 is 0 Å². The summed E-state index contributed by atoms with van der Waals surface area (Å²) in [4.78, 5) is 3.58. The summed E-state index contributed by atoms with van der Waals surface area (Å²) in [7, 11) is -4.01. The Hall–Kier alpha value is -0.770. The van der Waals surface area contributed by atoms with Gasteiger partial charge in [-0.1, -0.05) is 22.9 Å². The first kappa shape index (κ1) is 14.6. The molecule has 0 radical (unpaired) electrons. The van der Waals surface area contributed by atoms with Crippen LogP contribution >= 0.6 is 38.9 Å². The molecule has 2 aromatic rings. The molecule has 1 N–H and O–H groups in total. The molecule has 1 aromatic carbocycles. The topological polar surface area (TPSA) is 59.1 Å². The van der Waals surface area contributed by atoms with Crippen LogP contribution in [0.2, 0.25) is 4.47 Å². The predicted octanol–water partition coefficient (Wildman–Crippen LogP) is 3.64. The molecule has 1 aromatic heterocycles. The standard InChI is InChI=1S/C9H4BrClF2N2O2S2/c10-4-1-7(6(13)2-5(4)12)15-19(16,17)8-3-14-9(11)18-8/h1-3,15H. The monoisotopic (exact) mass is 388 g/mol. The first-order valence-corrected chi connectivity index (χ1v) is 8.05. The smallest absolute Gasteiger partial charge is 0.273 e. The van der Waals surface area contributed by atoms with Crippen molar-refractivity contribution in [3.63, 3.8) is 0 Å². The van der Waals surface area contributed by atoms with E-state index in [4.69, 9.17) is 11.6 Å². The van der Waals surface area contributed by atoms with Crippen molar-refractivity contribution in [3.05, 3.63) is 38.9 Å². The summed E-state index contributed by atoms with van der Waals surface area (Å²) in [5, 5.41) is 0. The highest BCUT2D eigenvalue weighted by Crippen LogP contribution is 2.28. The molecule has 2 rings (SSSR count). The van der Waals surface area contributed by atoms with Crippen LogP contribution in [-0.4, -0.2) is 13.4 Å². The summed E-state index contributed by atoms with van der Waals surface area (Å²) < 4.78 is 52.1. The highest BCUT2D eigenvalue weighted by Gasteiger charge is 2.20. The lowest BCUT2D eigenvalue weighted by Crippen LogP contribution is -2.12.